The summed E-state index contributed by atoms with van der Waals surface area (Å²) in [5, 5.41) is 3.52. The highest BCUT2D eigenvalue weighted by Crippen LogP contribution is 2.33. The van der Waals surface area contributed by atoms with E-state index in [9.17, 15) is 9.59 Å². The Morgan fingerprint density at radius 2 is 1.61 bits per heavy atom. The van der Waals surface area contributed by atoms with Crippen molar-refractivity contribution in [2.45, 2.75) is 26.9 Å². The number of anilines is 1. The number of nitrogens with one attached hydrogen (secondary N) is 1. The molecule has 4 aromatic rings. The molecule has 0 aliphatic heterocycles. The Hall–Kier alpha value is -3.86. The van der Waals surface area contributed by atoms with E-state index in [1.807, 2.05) is 56.3 Å². The average Bonchev–Trinajstić information content (AvgIpc) is 3.15. The molecule has 31 heavy (non-hydrogen) atoms. The molecule has 0 saturated carbocycles. The lowest BCUT2D eigenvalue weighted by Crippen LogP contribution is -2.30. The lowest BCUT2D eigenvalue weighted by molar-refractivity contribution is -0.122. The molecule has 0 aliphatic carbocycles. The number of hydrogen-bond acceptors (Lipinski definition) is 4. The first kappa shape index (κ1) is 20.4. The van der Waals surface area contributed by atoms with Gasteiger partial charge in [0.1, 0.15) is 11.3 Å². The number of ketones is 1. The van der Waals surface area contributed by atoms with E-state index in [0.29, 0.717) is 28.0 Å². The zero-order valence-electron chi connectivity index (χ0n) is 17.6. The summed E-state index contributed by atoms with van der Waals surface area (Å²) in [6.45, 7) is 5.62. The minimum atomic E-state index is -0.770. The number of aryl methyl sites for hydroxylation is 1. The number of benzene rings is 3. The maximum absolute atomic E-state index is 13.1. The van der Waals surface area contributed by atoms with E-state index in [4.69, 9.17) is 9.15 Å². The van der Waals surface area contributed by atoms with Gasteiger partial charge in [-0.3, -0.25) is 9.59 Å². The van der Waals surface area contributed by atoms with Crippen LogP contribution >= 0.6 is 0 Å². The number of amides is 1. The largest absolute Gasteiger partial charge is 0.481 e. The van der Waals surface area contributed by atoms with Crippen molar-refractivity contribution in [3.05, 3.63) is 95.2 Å². The van der Waals surface area contributed by atoms with Crippen LogP contribution in [-0.2, 0) is 4.79 Å². The molecule has 0 saturated heterocycles. The molecule has 5 nitrogen and oxygen atoms in total. The van der Waals surface area contributed by atoms with Gasteiger partial charge in [-0.05, 0) is 50.1 Å². The Morgan fingerprint density at radius 3 is 2.39 bits per heavy atom. The van der Waals surface area contributed by atoms with E-state index >= 15 is 0 Å². The average molecular weight is 413 g/mol. The highest BCUT2D eigenvalue weighted by atomic mass is 16.5. The first-order chi connectivity index (χ1) is 15.0. The number of hydrogen-bond donors (Lipinski definition) is 1. The number of rotatable bonds is 6. The van der Waals surface area contributed by atoms with E-state index in [1.165, 1.54) is 0 Å². The van der Waals surface area contributed by atoms with Gasteiger partial charge in [0, 0.05) is 10.9 Å². The number of para-hydroxylation sites is 1. The quantitative estimate of drug-likeness (QED) is 0.413. The SMILES string of the molecule is Cc1cccc(O[C@H](C)C(=O)Nc2c(C(=O)c3ccccc3)oc3ccccc23)c1C. The fraction of sp³-hybridized carbons (Fsp3) is 0.154. The van der Waals surface area contributed by atoms with Crippen molar-refractivity contribution >= 4 is 28.3 Å². The number of ether oxygens (including phenoxy) is 1. The molecule has 0 unspecified atom stereocenters. The fourth-order valence-electron chi connectivity index (χ4n) is 3.37. The lowest BCUT2D eigenvalue weighted by atomic mass is 10.1. The van der Waals surface area contributed by atoms with Crippen LogP contribution in [0.25, 0.3) is 11.0 Å². The van der Waals surface area contributed by atoms with E-state index in [0.717, 1.165) is 11.1 Å². The van der Waals surface area contributed by atoms with Gasteiger partial charge < -0.3 is 14.5 Å². The summed E-state index contributed by atoms with van der Waals surface area (Å²) in [7, 11) is 0. The Labute approximate surface area is 180 Å². The zero-order chi connectivity index (χ0) is 22.0. The molecule has 0 fully saturated rings. The molecule has 1 N–H and O–H groups in total. The molecule has 0 bridgehead atoms. The van der Waals surface area contributed by atoms with Crippen molar-refractivity contribution in [3.8, 4) is 5.75 Å². The van der Waals surface area contributed by atoms with E-state index in [1.54, 1.807) is 37.3 Å². The third-order valence-electron chi connectivity index (χ3n) is 5.31. The van der Waals surface area contributed by atoms with E-state index in [2.05, 4.69) is 5.32 Å². The second-order valence-electron chi connectivity index (χ2n) is 7.44. The van der Waals surface area contributed by atoms with Crippen LogP contribution in [0, 0.1) is 13.8 Å². The predicted octanol–water partition coefficient (Wildman–Crippen LogP) is 5.69. The first-order valence-corrected chi connectivity index (χ1v) is 10.1. The van der Waals surface area contributed by atoms with Gasteiger partial charge in [-0.15, -0.1) is 0 Å². The maximum Gasteiger partial charge on any atom is 0.265 e. The molecule has 0 spiro atoms. The molecule has 1 heterocycles. The molecule has 1 aromatic heterocycles. The number of furan rings is 1. The number of fused-ring (bicyclic) bond motifs is 1. The second-order valence-corrected chi connectivity index (χ2v) is 7.44. The van der Waals surface area contributed by atoms with Gasteiger partial charge in [0.15, 0.2) is 11.9 Å². The van der Waals surface area contributed by atoms with Crippen LogP contribution in [-0.4, -0.2) is 17.8 Å². The van der Waals surface area contributed by atoms with Crippen LogP contribution in [0.15, 0.2) is 77.2 Å². The predicted molar refractivity (Wildman–Crippen MR) is 121 cm³/mol. The van der Waals surface area contributed by atoms with Crippen LogP contribution in [0.4, 0.5) is 5.69 Å². The van der Waals surface area contributed by atoms with Crippen molar-refractivity contribution in [1.82, 2.24) is 0 Å². The minimum absolute atomic E-state index is 0.0969. The van der Waals surface area contributed by atoms with Crippen molar-refractivity contribution in [1.29, 1.82) is 0 Å². The summed E-state index contributed by atoms with van der Waals surface area (Å²) < 4.78 is 11.8. The molecule has 4 rings (SSSR count). The molecule has 1 amide bonds. The van der Waals surface area contributed by atoms with Crippen LogP contribution in [0.5, 0.6) is 5.75 Å². The Morgan fingerprint density at radius 1 is 0.903 bits per heavy atom. The van der Waals surface area contributed by atoms with Gasteiger partial charge in [0.25, 0.3) is 5.91 Å². The summed E-state index contributed by atoms with van der Waals surface area (Å²) in [4.78, 5) is 26.1. The van der Waals surface area contributed by atoms with Gasteiger partial charge in [-0.1, -0.05) is 54.6 Å². The lowest BCUT2D eigenvalue weighted by Gasteiger charge is -2.17. The van der Waals surface area contributed by atoms with Gasteiger partial charge in [0.05, 0.1) is 5.69 Å². The summed E-state index contributed by atoms with van der Waals surface area (Å²) >= 11 is 0. The first-order valence-electron chi connectivity index (χ1n) is 10.1. The van der Waals surface area contributed by atoms with Crippen molar-refractivity contribution in [2.24, 2.45) is 0 Å². The third-order valence-corrected chi connectivity index (χ3v) is 5.31. The highest BCUT2D eigenvalue weighted by Gasteiger charge is 2.25. The summed E-state index contributed by atoms with van der Waals surface area (Å²) in [5.41, 5.74) is 3.43. The molecule has 0 radical (unpaired) electrons. The van der Waals surface area contributed by atoms with Gasteiger partial charge in [-0.2, -0.15) is 0 Å². The molecule has 0 aliphatic rings. The topological polar surface area (TPSA) is 68.5 Å². The highest BCUT2D eigenvalue weighted by molar-refractivity contribution is 6.17. The molecule has 1 atom stereocenters. The monoisotopic (exact) mass is 413 g/mol. The second kappa shape index (κ2) is 8.48. The normalized spacial score (nSPS) is 11.8. The summed E-state index contributed by atoms with van der Waals surface area (Å²) in [6, 6.07) is 21.8. The van der Waals surface area contributed by atoms with Crippen molar-refractivity contribution < 1.29 is 18.7 Å². The van der Waals surface area contributed by atoms with Gasteiger partial charge >= 0.3 is 0 Å². The van der Waals surface area contributed by atoms with E-state index < -0.39 is 6.10 Å². The van der Waals surface area contributed by atoms with Crippen LogP contribution < -0.4 is 10.1 Å². The molecule has 3 aromatic carbocycles. The maximum atomic E-state index is 13.1. The van der Waals surface area contributed by atoms with Gasteiger partial charge in [-0.25, -0.2) is 0 Å². The number of carbonyl (C=O) groups excluding carboxylic acids is 2. The van der Waals surface area contributed by atoms with Crippen molar-refractivity contribution in [2.75, 3.05) is 5.32 Å². The van der Waals surface area contributed by atoms with Crippen LogP contribution in [0.1, 0.15) is 34.2 Å². The number of carbonyl (C=O) groups is 2. The Bertz CT molecular complexity index is 1260. The van der Waals surface area contributed by atoms with Crippen molar-refractivity contribution in [3.63, 3.8) is 0 Å². The Kier molecular flexibility index (Phi) is 5.58. The van der Waals surface area contributed by atoms with Gasteiger partial charge in [0.2, 0.25) is 5.78 Å². The van der Waals surface area contributed by atoms with E-state index in [-0.39, 0.29) is 17.5 Å². The van der Waals surface area contributed by atoms with Crippen LogP contribution in [0.2, 0.25) is 0 Å². The van der Waals surface area contributed by atoms with Crippen LogP contribution in [0.3, 0.4) is 0 Å². The summed E-state index contributed by atoms with van der Waals surface area (Å²) in [5.74, 6) is 0.0877. The minimum Gasteiger partial charge on any atom is -0.481 e. The smallest absolute Gasteiger partial charge is 0.265 e. The molecule has 5 heteroatoms. The summed E-state index contributed by atoms with van der Waals surface area (Å²) in [6.07, 6.45) is -0.770. The Balaban J connectivity index is 1.65. The molecule has 156 valence electrons. The molecular weight excluding hydrogens is 390 g/mol. The standard InChI is InChI=1S/C26H23NO4/c1-16-10-9-15-21(17(16)2)30-18(3)26(29)27-23-20-13-7-8-14-22(20)31-25(23)24(28)19-11-5-4-6-12-19/h4-15,18H,1-3H3,(H,27,29)/t18-/m1/s1. The fourth-order valence-corrected chi connectivity index (χ4v) is 3.37. The molecular formula is C26H23NO4. The zero-order valence-corrected chi connectivity index (χ0v) is 17.6. The third kappa shape index (κ3) is 4.08.